The first-order valence-electron chi connectivity index (χ1n) is 10.1. The van der Waals surface area contributed by atoms with Gasteiger partial charge in [-0.15, -0.1) is 5.10 Å². The molecule has 0 radical (unpaired) electrons. The Kier molecular flexibility index (Phi) is 7.25. The third kappa shape index (κ3) is 5.31. The quantitative estimate of drug-likeness (QED) is 0.248. The summed E-state index contributed by atoms with van der Waals surface area (Å²) in [5, 5.41) is 16.0. The van der Waals surface area contributed by atoms with E-state index in [9.17, 15) is 14.5 Å². The highest BCUT2D eigenvalue weighted by molar-refractivity contribution is 6.74. The van der Waals surface area contributed by atoms with Crippen LogP contribution < -0.4 is 4.74 Å². The van der Waals surface area contributed by atoms with E-state index in [-0.39, 0.29) is 22.6 Å². The maximum Gasteiger partial charge on any atom is 0.352 e. The Morgan fingerprint density at radius 1 is 1.25 bits per heavy atom. The minimum Gasteiger partial charge on any atom is -0.472 e. The molecule has 1 saturated carbocycles. The van der Waals surface area contributed by atoms with E-state index in [2.05, 4.69) is 39.0 Å². The molecular formula is C19H34FN3O4Si. The lowest BCUT2D eigenvalue weighted by Crippen LogP contribution is -2.41. The van der Waals surface area contributed by atoms with Gasteiger partial charge in [-0.2, -0.15) is 0 Å². The summed E-state index contributed by atoms with van der Waals surface area (Å²) in [5.41, 5.74) is 0.382. The smallest absolute Gasteiger partial charge is 0.352 e. The summed E-state index contributed by atoms with van der Waals surface area (Å²) in [5.74, 6) is 0.0530. The third-order valence-corrected chi connectivity index (χ3v) is 10.6. The first-order chi connectivity index (χ1) is 12.9. The molecule has 7 nitrogen and oxygen atoms in total. The first kappa shape index (κ1) is 22.8. The summed E-state index contributed by atoms with van der Waals surface area (Å²) in [6, 6.07) is -0.00929. The zero-order valence-corrected chi connectivity index (χ0v) is 19.0. The van der Waals surface area contributed by atoms with Crippen LogP contribution in [0.2, 0.25) is 18.1 Å². The molecule has 0 unspecified atom stereocenters. The molecule has 0 bridgehead atoms. The normalized spacial score (nSPS) is 21.0. The summed E-state index contributed by atoms with van der Waals surface area (Å²) < 4.78 is 26.8. The van der Waals surface area contributed by atoms with Crippen LogP contribution in [0.1, 0.15) is 64.6 Å². The van der Waals surface area contributed by atoms with Crippen molar-refractivity contribution in [3.8, 4) is 5.88 Å². The molecule has 0 aliphatic heterocycles. The molecule has 28 heavy (non-hydrogen) atoms. The fourth-order valence-electron chi connectivity index (χ4n) is 3.20. The number of nitro groups is 1. The predicted molar refractivity (Wildman–Crippen MR) is 109 cm³/mol. The van der Waals surface area contributed by atoms with Crippen LogP contribution in [0.4, 0.5) is 10.1 Å². The molecular weight excluding hydrogens is 381 g/mol. The van der Waals surface area contributed by atoms with E-state index < -0.39 is 19.4 Å². The second-order valence-corrected chi connectivity index (χ2v) is 14.0. The summed E-state index contributed by atoms with van der Waals surface area (Å²) in [6.07, 6.45) is 2.08. The molecule has 1 heterocycles. The van der Waals surface area contributed by atoms with E-state index in [1.54, 1.807) is 11.6 Å². The third-order valence-electron chi connectivity index (χ3n) is 6.04. The van der Waals surface area contributed by atoms with Gasteiger partial charge in [0, 0.05) is 13.0 Å². The van der Waals surface area contributed by atoms with E-state index in [0.29, 0.717) is 51.0 Å². The van der Waals surface area contributed by atoms with Gasteiger partial charge in [0.05, 0.1) is 17.6 Å². The summed E-state index contributed by atoms with van der Waals surface area (Å²) >= 11 is 0. The van der Waals surface area contributed by atoms with E-state index in [1.807, 2.05) is 0 Å². The zero-order chi connectivity index (χ0) is 21.1. The first-order valence-corrected chi connectivity index (χ1v) is 13.0. The number of aromatic nitrogens is 2. The van der Waals surface area contributed by atoms with Gasteiger partial charge in [0.2, 0.25) is 0 Å². The van der Waals surface area contributed by atoms with E-state index >= 15 is 0 Å². The molecule has 2 rings (SSSR count). The second-order valence-electron chi connectivity index (χ2n) is 9.16. The van der Waals surface area contributed by atoms with Gasteiger partial charge in [-0.1, -0.05) is 20.8 Å². The van der Waals surface area contributed by atoms with Crippen LogP contribution in [0.5, 0.6) is 5.88 Å². The SMILES string of the molecule is Cc1c([N+](=O)[O-])c(OCCCO[Si](C)(C)C(C)(C)C)nn1[C@H]1CC[C@H](F)CC1. The highest BCUT2D eigenvalue weighted by Crippen LogP contribution is 2.38. The van der Waals surface area contributed by atoms with Crippen LogP contribution in [0.15, 0.2) is 0 Å². The van der Waals surface area contributed by atoms with Gasteiger partial charge < -0.3 is 9.16 Å². The number of hydrogen-bond donors (Lipinski definition) is 0. The van der Waals surface area contributed by atoms with E-state index in [1.165, 1.54) is 0 Å². The Morgan fingerprint density at radius 2 is 1.86 bits per heavy atom. The molecule has 1 aromatic heterocycles. The van der Waals surface area contributed by atoms with Crippen molar-refractivity contribution in [2.45, 2.75) is 90.1 Å². The molecule has 160 valence electrons. The van der Waals surface area contributed by atoms with Gasteiger partial charge >= 0.3 is 11.6 Å². The van der Waals surface area contributed by atoms with Crippen LogP contribution in [0.3, 0.4) is 0 Å². The average molecular weight is 416 g/mol. The van der Waals surface area contributed by atoms with Crippen LogP contribution in [0, 0.1) is 17.0 Å². The molecule has 1 fully saturated rings. The average Bonchev–Trinajstić information content (AvgIpc) is 2.90. The topological polar surface area (TPSA) is 79.4 Å². The Bertz CT molecular complexity index is 679. The summed E-state index contributed by atoms with van der Waals surface area (Å²) in [7, 11) is -1.81. The molecule has 1 aliphatic rings. The summed E-state index contributed by atoms with van der Waals surface area (Å²) in [6.45, 7) is 13.5. The van der Waals surface area contributed by atoms with E-state index in [4.69, 9.17) is 9.16 Å². The highest BCUT2D eigenvalue weighted by Gasteiger charge is 2.37. The Morgan fingerprint density at radius 3 is 2.39 bits per heavy atom. The minimum atomic E-state index is -1.81. The van der Waals surface area contributed by atoms with Crippen molar-refractivity contribution in [3.05, 3.63) is 15.8 Å². The minimum absolute atomic E-state index is 0.00929. The second kappa shape index (κ2) is 8.90. The van der Waals surface area contributed by atoms with Crippen molar-refractivity contribution < 1.29 is 18.5 Å². The largest absolute Gasteiger partial charge is 0.472 e. The lowest BCUT2D eigenvalue weighted by atomic mass is 9.94. The standard InChI is InChI=1S/C19H34FN3O4Si/c1-14-17(23(24)25)18(21-22(14)16-10-8-15(20)9-11-16)26-12-7-13-27-28(5,6)19(2,3)4/h15-16H,7-13H2,1-6H3/t15-,16-. The van der Waals surface area contributed by atoms with Crippen LogP contribution in [-0.4, -0.2) is 42.4 Å². The van der Waals surface area contributed by atoms with Gasteiger partial charge in [-0.25, -0.2) is 4.39 Å². The lowest BCUT2D eigenvalue weighted by Gasteiger charge is -2.36. The number of nitrogens with zero attached hydrogens (tertiary/aromatic N) is 3. The number of hydrogen-bond acceptors (Lipinski definition) is 5. The number of rotatable bonds is 8. The molecule has 9 heteroatoms. The Labute approximate surface area is 167 Å². The van der Waals surface area contributed by atoms with Crippen molar-refractivity contribution >= 4 is 14.0 Å². The molecule has 1 aliphatic carbocycles. The van der Waals surface area contributed by atoms with Crippen molar-refractivity contribution in [3.63, 3.8) is 0 Å². The monoisotopic (exact) mass is 415 g/mol. The molecule has 0 N–H and O–H groups in total. The Balaban J connectivity index is 1.97. The number of alkyl halides is 1. The molecule has 0 spiro atoms. The maximum absolute atomic E-state index is 13.4. The highest BCUT2D eigenvalue weighted by atomic mass is 28.4. The van der Waals surface area contributed by atoms with Crippen LogP contribution >= 0.6 is 0 Å². The predicted octanol–water partition coefficient (Wildman–Crippen LogP) is 5.34. The summed E-state index contributed by atoms with van der Waals surface area (Å²) in [4.78, 5) is 11.1. The fraction of sp³-hybridized carbons (Fsp3) is 0.842. The van der Waals surface area contributed by atoms with Gasteiger partial charge in [-0.05, 0) is 50.7 Å². The van der Waals surface area contributed by atoms with Crippen molar-refractivity contribution in [2.24, 2.45) is 0 Å². The molecule has 0 saturated heterocycles. The number of ether oxygens (including phenoxy) is 1. The van der Waals surface area contributed by atoms with Gasteiger partial charge in [0.25, 0.3) is 0 Å². The van der Waals surface area contributed by atoms with Crippen molar-refractivity contribution in [1.29, 1.82) is 0 Å². The molecule has 0 aromatic carbocycles. The molecule has 1 aromatic rings. The van der Waals surface area contributed by atoms with Crippen LogP contribution in [0.25, 0.3) is 0 Å². The molecule has 0 amide bonds. The lowest BCUT2D eigenvalue weighted by molar-refractivity contribution is -0.386. The van der Waals surface area contributed by atoms with Gasteiger partial charge in [0.1, 0.15) is 11.9 Å². The number of halogens is 1. The fourth-order valence-corrected chi connectivity index (χ4v) is 4.29. The van der Waals surface area contributed by atoms with Gasteiger partial charge in [-0.3, -0.25) is 14.8 Å². The molecule has 0 atom stereocenters. The van der Waals surface area contributed by atoms with Crippen molar-refractivity contribution in [1.82, 2.24) is 9.78 Å². The van der Waals surface area contributed by atoms with E-state index in [0.717, 1.165) is 0 Å². The van der Waals surface area contributed by atoms with Crippen molar-refractivity contribution in [2.75, 3.05) is 13.2 Å². The van der Waals surface area contributed by atoms with Gasteiger partial charge in [0.15, 0.2) is 8.32 Å². The van der Waals surface area contributed by atoms with Crippen LogP contribution in [-0.2, 0) is 4.43 Å². The maximum atomic E-state index is 13.4. The Hall–Kier alpha value is -1.48. The zero-order valence-electron chi connectivity index (χ0n) is 18.0.